The maximum Gasteiger partial charge on any atom is 0.285 e. The van der Waals surface area contributed by atoms with Gasteiger partial charge in [-0.3, -0.25) is 14.6 Å². The van der Waals surface area contributed by atoms with Gasteiger partial charge in [0.1, 0.15) is 23.3 Å². The highest BCUT2D eigenvalue weighted by Gasteiger charge is 2.19. The van der Waals surface area contributed by atoms with Gasteiger partial charge in [-0.2, -0.15) is 0 Å². The molecule has 0 rings (SSSR count). The lowest BCUT2D eigenvalue weighted by molar-refractivity contribution is -0.137. The third-order valence-electron chi connectivity index (χ3n) is 6.00. The van der Waals surface area contributed by atoms with Crippen molar-refractivity contribution in [2.75, 3.05) is 47.3 Å². The quantitative estimate of drug-likeness (QED) is 0.0903. The molecule has 0 bridgehead atoms. The van der Waals surface area contributed by atoms with Crippen LogP contribution in [0.15, 0.2) is 10.7 Å². The van der Waals surface area contributed by atoms with Gasteiger partial charge >= 0.3 is 0 Å². The molecule has 0 aliphatic rings. The summed E-state index contributed by atoms with van der Waals surface area (Å²) in [5, 5.41) is 5.96. The monoisotopic (exact) mass is 514 g/mol. The number of hydrogen-bond donors (Lipinski definition) is 1. The number of halogens is 1. The average molecular weight is 515 g/mol. The lowest BCUT2D eigenvalue weighted by Crippen LogP contribution is -2.42. The highest BCUT2D eigenvalue weighted by atomic mass is 35.5. The maximum atomic E-state index is 12.6. The fourth-order valence-electron chi connectivity index (χ4n) is 3.70. The number of hydrazine groups is 1. The van der Waals surface area contributed by atoms with Gasteiger partial charge in [0.2, 0.25) is 0 Å². The molecule has 0 saturated carbocycles. The summed E-state index contributed by atoms with van der Waals surface area (Å²) in [5.74, 6) is -0.354. The zero-order valence-corrected chi connectivity index (χ0v) is 22.9. The Bertz CT molecular complexity index is 606. The summed E-state index contributed by atoms with van der Waals surface area (Å²) >= 11 is 6.01. The van der Waals surface area contributed by atoms with Gasteiger partial charge in [-0.1, -0.05) is 50.1 Å². The number of nitrogens with one attached hydrogen (secondary N) is 1. The molecule has 0 fully saturated rings. The second-order valence-corrected chi connectivity index (χ2v) is 9.49. The lowest BCUT2D eigenvalue weighted by Gasteiger charge is -2.26. The number of aldehydes is 3. The van der Waals surface area contributed by atoms with Crippen LogP contribution in [0, 0.1) is 0 Å². The summed E-state index contributed by atoms with van der Waals surface area (Å²) in [6.07, 6.45) is 15.6. The van der Waals surface area contributed by atoms with E-state index in [1.165, 1.54) is 5.01 Å². The molecular weight excluding hydrogens is 468 g/mol. The SMILES string of the molecule is CN(C)N(C)C(=O)/C(NCCCN(CCCCCCCC=O)CCCCCCCC=O)=C(/Cl)C=O. The maximum absolute atomic E-state index is 12.6. The van der Waals surface area contributed by atoms with Crippen molar-refractivity contribution < 1.29 is 19.2 Å². The van der Waals surface area contributed by atoms with E-state index in [1.54, 1.807) is 26.2 Å². The zero-order valence-electron chi connectivity index (χ0n) is 22.1. The van der Waals surface area contributed by atoms with Gasteiger partial charge in [0.15, 0.2) is 6.29 Å². The number of amides is 1. The Morgan fingerprint density at radius 3 is 1.63 bits per heavy atom. The first-order valence-electron chi connectivity index (χ1n) is 13.0. The summed E-state index contributed by atoms with van der Waals surface area (Å²) in [6.45, 7) is 3.49. The Balaban J connectivity index is 4.60. The van der Waals surface area contributed by atoms with Crippen molar-refractivity contribution in [3.05, 3.63) is 10.7 Å². The van der Waals surface area contributed by atoms with E-state index in [0.717, 1.165) is 103 Å². The molecule has 0 aromatic carbocycles. The standard InChI is InChI=1S/C26H47ClN4O4/c1-29(2)30(3)26(35)25(24(27)23-34)28-17-16-20-31(18-12-8-4-6-10-14-21-32)19-13-9-5-7-11-15-22-33/h21-23,28H,4-20H2,1-3H3/b25-24-. The van der Waals surface area contributed by atoms with Gasteiger partial charge in [0.05, 0.1) is 0 Å². The van der Waals surface area contributed by atoms with E-state index in [4.69, 9.17) is 11.6 Å². The smallest absolute Gasteiger partial charge is 0.285 e. The topological polar surface area (TPSA) is 90.0 Å². The van der Waals surface area contributed by atoms with Crippen LogP contribution in [0.2, 0.25) is 0 Å². The molecule has 0 aromatic rings. The van der Waals surface area contributed by atoms with Crippen molar-refractivity contribution in [1.29, 1.82) is 0 Å². The molecular formula is C26H47ClN4O4. The Morgan fingerprint density at radius 2 is 1.17 bits per heavy atom. The Hall–Kier alpha value is -1.77. The van der Waals surface area contributed by atoms with Crippen LogP contribution in [0.1, 0.15) is 83.5 Å². The molecule has 0 radical (unpaired) electrons. The predicted molar refractivity (Wildman–Crippen MR) is 142 cm³/mol. The van der Waals surface area contributed by atoms with Gasteiger partial charge < -0.3 is 19.8 Å². The van der Waals surface area contributed by atoms with Crippen LogP contribution in [0.25, 0.3) is 0 Å². The van der Waals surface area contributed by atoms with Crippen molar-refractivity contribution in [2.45, 2.75) is 83.5 Å². The lowest BCUT2D eigenvalue weighted by atomic mass is 10.1. The van der Waals surface area contributed by atoms with Crippen LogP contribution in [-0.2, 0) is 19.2 Å². The van der Waals surface area contributed by atoms with E-state index in [9.17, 15) is 19.2 Å². The third-order valence-corrected chi connectivity index (χ3v) is 6.27. The minimum atomic E-state index is -0.354. The van der Waals surface area contributed by atoms with Crippen LogP contribution in [0.5, 0.6) is 0 Å². The molecule has 35 heavy (non-hydrogen) atoms. The summed E-state index contributed by atoms with van der Waals surface area (Å²) in [5.41, 5.74) is 0.120. The van der Waals surface area contributed by atoms with E-state index in [2.05, 4.69) is 10.2 Å². The molecule has 0 saturated heterocycles. The van der Waals surface area contributed by atoms with Gasteiger partial charge in [-0.15, -0.1) is 0 Å². The predicted octanol–water partition coefficient (Wildman–Crippen LogP) is 3.93. The molecule has 0 aromatic heterocycles. The molecule has 0 spiro atoms. The normalized spacial score (nSPS) is 11.9. The number of carbonyl (C=O) groups excluding carboxylic acids is 4. The minimum absolute atomic E-state index is 0.120. The molecule has 9 heteroatoms. The van der Waals surface area contributed by atoms with Crippen molar-refractivity contribution >= 4 is 36.4 Å². The third kappa shape index (κ3) is 17.3. The summed E-state index contributed by atoms with van der Waals surface area (Å²) in [6, 6.07) is 0. The highest BCUT2D eigenvalue weighted by molar-refractivity contribution is 6.40. The van der Waals surface area contributed by atoms with Crippen LogP contribution in [0.4, 0.5) is 0 Å². The molecule has 1 N–H and O–H groups in total. The van der Waals surface area contributed by atoms with E-state index >= 15 is 0 Å². The van der Waals surface area contributed by atoms with Crippen LogP contribution < -0.4 is 5.32 Å². The summed E-state index contributed by atoms with van der Waals surface area (Å²) < 4.78 is 0. The van der Waals surface area contributed by atoms with Crippen LogP contribution in [-0.4, -0.2) is 87.0 Å². The molecule has 202 valence electrons. The van der Waals surface area contributed by atoms with Crippen molar-refractivity contribution in [2.24, 2.45) is 0 Å². The zero-order chi connectivity index (χ0) is 26.3. The second kappa shape index (κ2) is 22.7. The van der Waals surface area contributed by atoms with Crippen molar-refractivity contribution in [3.63, 3.8) is 0 Å². The fraction of sp³-hybridized carbons (Fsp3) is 0.769. The van der Waals surface area contributed by atoms with Crippen molar-refractivity contribution in [3.8, 4) is 0 Å². The van der Waals surface area contributed by atoms with Crippen molar-refractivity contribution in [1.82, 2.24) is 20.2 Å². The molecule has 0 unspecified atom stereocenters. The van der Waals surface area contributed by atoms with Gasteiger partial charge in [0.25, 0.3) is 5.91 Å². The Labute approximate surface area is 217 Å². The van der Waals surface area contributed by atoms with Crippen LogP contribution >= 0.6 is 11.6 Å². The summed E-state index contributed by atoms with van der Waals surface area (Å²) in [4.78, 5) is 47.1. The number of rotatable bonds is 24. The van der Waals surface area contributed by atoms with E-state index < -0.39 is 0 Å². The first-order valence-corrected chi connectivity index (χ1v) is 13.4. The minimum Gasteiger partial charge on any atom is -0.379 e. The molecule has 0 aliphatic carbocycles. The molecule has 0 aliphatic heterocycles. The molecule has 0 atom stereocenters. The largest absolute Gasteiger partial charge is 0.379 e. The highest BCUT2D eigenvalue weighted by Crippen LogP contribution is 2.11. The number of unbranched alkanes of at least 4 members (excludes halogenated alkanes) is 10. The van der Waals surface area contributed by atoms with Gasteiger partial charge in [-0.25, -0.2) is 5.01 Å². The first-order chi connectivity index (χ1) is 16.9. The second-order valence-electron chi connectivity index (χ2n) is 9.08. The number of carbonyl (C=O) groups is 4. The van der Waals surface area contributed by atoms with Gasteiger partial charge in [-0.05, 0) is 51.7 Å². The van der Waals surface area contributed by atoms with E-state index in [0.29, 0.717) is 25.7 Å². The summed E-state index contributed by atoms with van der Waals surface area (Å²) in [7, 11) is 5.11. The number of hydrogen-bond acceptors (Lipinski definition) is 7. The van der Waals surface area contributed by atoms with Gasteiger partial charge in [0, 0.05) is 40.5 Å². The fourth-order valence-corrected chi connectivity index (χ4v) is 3.85. The van der Waals surface area contributed by atoms with Crippen LogP contribution in [0.3, 0.4) is 0 Å². The van der Waals surface area contributed by atoms with E-state index in [-0.39, 0.29) is 16.6 Å². The number of nitrogens with zero attached hydrogens (tertiary/aromatic N) is 3. The number of allylic oxidation sites excluding steroid dienone is 1. The Kier molecular flexibility index (Phi) is 21.5. The Morgan fingerprint density at radius 1 is 0.714 bits per heavy atom. The first kappa shape index (κ1) is 33.2. The molecule has 1 amide bonds. The average Bonchev–Trinajstić information content (AvgIpc) is 2.85. The molecule has 0 heterocycles. The van der Waals surface area contributed by atoms with E-state index in [1.807, 2.05) is 0 Å². The molecule has 8 nitrogen and oxygen atoms in total. The number of likely N-dealkylation sites (N-methyl/N-ethyl adjacent to an activating group) is 1.